The van der Waals surface area contributed by atoms with Crippen LogP contribution in [0.1, 0.15) is 29.3 Å². The SMILES string of the molecule is CCCN(CCc1cccc(F)c1)C(=O)c1ccccc1N. The van der Waals surface area contributed by atoms with Crippen LogP contribution in [0.5, 0.6) is 0 Å². The van der Waals surface area contributed by atoms with Gasteiger partial charge < -0.3 is 10.6 Å². The van der Waals surface area contributed by atoms with Crippen LogP contribution in [-0.4, -0.2) is 23.9 Å². The Morgan fingerprint density at radius 3 is 2.59 bits per heavy atom. The molecule has 0 aliphatic rings. The van der Waals surface area contributed by atoms with E-state index in [1.807, 2.05) is 19.1 Å². The highest BCUT2D eigenvalue weighted by Crippen LogP contribution is 2.15. The zero-order chi connectivity index (χ0) is 15.9. The summed E-state index contributed by atoms with van der Waals surface area (Å²) in [6.07, 6.45) is 1.48. The van der Waals surface area contributed by atoms with Gasteiger partial charge in [-0.05, 0) is 42.7 Å². The van der Waals surface area contributed by atoms with Crippen molar-refractivity contribution in [3.05, 3.63) is 65.5 Å². The third-order valence-electron chi connectivity index (χ3n) is 3.53. The summed E-state index contributed by atoms with van der Waals surface area (Å²) in [7, 11) is 0. The maximum absolute atomic E-state index is 13.2. The van der Waals surface area contributed by atoms with Crippen LogP contribution >= 0.6 is 0 Å². The maximum Gasteiger partial charge on any atom is 0.255 e. The molecule has 0 aliphatic carbocycles. The van der Waals surface area contributed by atoms with Gasteiger partial charge in [-0.25, -0.2) is 4.39 Å². The number of halogens is 1. The summed E-state index contributed by atoms with van der Waals surface area (Å²) in [5, 5.41) is 0. The fourth-order valence-corrected chi connectivity index (χ4v) is 2.40. The number of amides is 1. The molecule has 22 heavy (non-hydrogen) atoms. The highest BCUT2D eigenvalue weighted by molar-refractivity contribution is 5.99. The minimum Gasteiger partial charge on any atom is -0.398 e. The van der Waals surface area contributed by atoms with Crippen molar-refractivity contribution in [1.82, 2.24) is 4.90 Å². The Bertz CT molecular complexity index is 642. The number of anilines is 1. The molecule has 0 saturated heterocycles. The monoisotopic (exact) mass is 300 g/mol. The lowest BCUT2D eigenvalue weighted by atomic mass is 10.1. The van der Waals surface area contributed by atoms with Gasteiger partial charge in [0.2, 0.25) is 0 Å². The zero-order valence-corrected chi connectivity index (χ0v) is 12.8. The summed E-state index contributed by atoms with van der Waals surface area (Å²) in [6.45, 7) is 3.23. The summed E-state index contributed by atoms with van der Waals surface area (Å²) in [5.74, 6) is -0.325. The van der Waals surface area contributed by atoms with Gasteiger partial charge in [-0.2, -0.15) is 0 Å². The normalized spacial score (nSPS) is 10.5. The molecule has 0 aliphatic heterocycles. The van der Waals surface area contributed by atoms with E-state index in [1.165, 1.54) is 12.1 Å². The van der Waals surface area contributed by atoms with E-state index in [2.05, 4.69) is 0 Å². The quantitative estimate of drug-likeness (QED) is 0.830. The Balaban J connectivity index is 2.09. The molecule has 0 saturated carbocycles. The second-order valence-corrected chi connectivity index (χ2v) is 5.26. The van der Waals surface area contributed by atoms with Crippen molar-refractivity contribution in [2.24, 2.45) is 0 Å². The third kappa shape index (κ3) is 4.07. The van der Waals surface area contributed by atoms with Gasteiger partial charge in [0.25, 0.3) is 5.91 Å². The van der Waals surface area contributed by atoms with E-state index in [1.54, 1.807) is 29.2 Å². The average molecular weight is 300 g/mol. The van der Waals surface area contributed by atoms with Gasteiger partial charge in [0.15, 0.2) is 0 Å². The van der Waals surface area contributed by atoms with Crippen LogP contribution in [0, 0.1) is 5.82 Å². The van der Waals surface area contributed by atoms with Crippen LogP contribution in [-0.2, 0) is 6.42 Å². The minimum atomic E-state index is -0.252. The fourth-order valence-electron chi connectivity index (χ4n) is 2.40. The van der Waals surface area contributed by atoms with E-state index >= 15 is 0 Å². The topological polar surface area (TPSA) is 46.3 Å². The summed E-state index contributed by atoms with van der Waals surface area (Å²) in [4.78, 5) is 14.4. The molecular formula is C18H21FN2O. The second-order valence-electron chi connectivity index (χ2n) is 5.26. The Hall–Kier alpha value is -2.36. The fraction of sp³-hybridized carbons (Fsp3) is 0.278. The van der Waals surface area contributed by atoms with Gasteiger partial charge >= 0.3 is 0 Å². The molecule has 2 N–H and O–H groups in total. The Morgan fingerprint density at radius 2 is 1.91 bits per heavy atom. The second kappa shape index (κ2) is 7.59. The predicted molar refractivity (Wildman–Crippen MR) is 87.2 cm³/mol. The zero-order valence-electron chi connectivity index (χ0n) is 12.8. The highest BCUT2D eigenvalue weighted by Gasteiger charge is 2.17. The lowest BCUT2D eigenvalue weighted by molar-refractivity contribution is 0.0758. The molecule has 4 heteroatoms. The van der Waals surface area contributed by atoms with Gasteiger partial charge in [-0.3, -0.25) is 4.79 Å². The molecule has 2 aromatic carbocycles. The van der Waals surface area contributed by atoms with Gasteiger partial charge in [-0.1, -0.05) is 31.2 Å². The Morgan fingerprint density at radius 1 is 1.14 bits per heavy atom. The van der Waals surface area contributed by atoms with Crippen molar-refractivity contribution < 1.29 is 9.18 Å². The molecule has 0 bridgehead atoms. The number of hydrogen-bond donors (Lipinski definition) is 1. The van der Waals surface area contributed by atoms with Gasteiger partial charge in [0, 0.05) is 18.8 Å². The highest BCUT2D eigenvalue weighted by atomic mass is 19.1. The van der Waals surface area contributed by atoms with E-state index in [4.69, 9.17) is 5.73 Å². The Kier molecular flexibility index (Phi) is 5.53. The first-order chi connectivity index (χ1) is 10.6. The van der Waals surface area contributed by atoms with Crippen molar-refractivity contribution in [1.29, 1.82) is 0 Å². The molecule has 2 aromatic rings. The summed E-state index contributed by atoms with van der Waals surface area (Å²) in [5.41, 5.74) is 7.78. The number of carbonyl (C=O) groups excluding carboxylic acids is 1. The van der Waals surface area contributed by atoms with Gasteiger partial charge in [0.1, 0.15) is 5.82 Å². The number of nitrogens with two attached hydrogens (primary N) is 1. The Labute approximate surface area is 130 Å². The number of para-hydroxylation sites is 1. The van der Waals surface area contributed by atoms with Crippen molar-refractivity contribution >= 4 is 11.6 Å². The van der Waals surface area contributed by atoms with Crippen LogP contribution in [0.2, 0.25) is 0 Å². The van der Waals surface area contributed by atoms with Crippen LogP contribution in [0.25, 0.3) is 0 Å². The van der Waals surface area contributed by atoms with Gasteiger partial charge in [-0.15, -0.1) is 0 Å². The van der Waals surface area contributed by atoms with Gasteiger partial charge in [0.05, 0.1) is 5.56 Å². The molecule has 0 fully saturated rings. The molecule has 0 unspecified atom stereocenters. The van der Waals surface area contributed by atoms with E-state index in [0.29, 0.717) is 30.8 Å². The lowest BCUT2D eigenvalue weighted by Gasteiger charge is -2.23. The molecule has 3 nitrogen and oxygen atoms in total. The van der Waals surface area contributed by atoms with Crippen molar-refractivity contribution in [2.45, 2.75) is 19.8 Å². The molecule has 0 atom stereocenters. The molecular weight excluding hydrogens is 279 g/mol. The first-order valence-corrected chi connectivity index (χ1v) is 7.50. The maximum atomic E-state index is 13.2. The minimum absolute atomic E-state index is 0.0728. The van der Waals surface area contributed by atoms with Crippen molar-refractivity contribution in [3.8, 4) is 0 Å². The number of benzene rings is 2. The molecule has 0 radical (unpaired) electrons. The van der Waals surface area contributed by atoms with Crippen LogP contribution in [0.15, 0.2) is 48.5 Å². The number of carbonyl (C=O) groups is 1. The van der Waals surface area contributed by atoms with Crippen molar-refractivity contribution in [2.75, 3.05) is 18.8 Å². The first-order valence-electron chi connectivity index (χ1n) is 7.50. The number of nitrogen functional groups attached to an aromatic ring is 1. The van der Waals surface area contributed by atoms with E-state index in [-0.39, 0.29) is 11.7 Å². The molecule has 0 spiro atoms. The standard InChI is InChI=1S/C18H21FN2O/c1-2-11-21(12-10-14-6-5-7-15(19)13-14)18(22)16-8-3-4-9-17(16)20/h3-9,13H,2,10-12,20H2,1H3. The van der Waals surface area contributed by atoms with Crippen LogP contribution in [0.4, 0.5) is 10.1 Å². The van der Waals surface area contributed by atoms with E-state index in [9.17, 15) is 9.18 Å². The number of nitrogens with zero attached hydrogens (tertiary/aromatic N) is 1. The largest absolute Gasteiger partial charge is 0.398 e. The predicted octanol–water partition coefficient (Wildman–Crippen LogP) is 3.50. The average Bonchev–Trinajstić information content (AvgIpc) is 2.51. The first kappa shape index (κ1) is 16.0. The van der Waals surface area contributed by atoms with Crippen molar-refractivity contribution in [3.63, 3.8) is 0 Å². The summed E-state index contributed by atoms with van der Waals surface area (Å²) in [6, 6.07) is 13.6. The lowest BCUT2D eigenvalue weighted by Crippen LogP contribution is -2.34. The molecule has 0 heterocycles. The smallest absolute Gasteiger partial charge is 0.255 e. The molecule has 0 aromatic heterocycles. The van der Waals surface area contributed by atoms with E-state index < -0.39 is 0 Å². The number of rotatable bonds is 6. The number of hydrogen-bond acceptors (Lipinski definition) is 2. The van der Waals surface area contributed by atoms with Crippen LogP contribution < -0.4 is 5.73 Å². The summed E-state index contributed by atoms with van der Waals surface area (Å²) < 4.78 is 13.2. The summed E-state index contributed by atoms with van der Waals surface area (Å²) >= 11 is 0. The third-order valence-corrected chi connectivity index (χ3v) is 3.53. The molecule has 1 amide bonds. The molecule has 2 rings (SSSR count). The molecule has 116 valence electrons. The van der Waals surface area contributed by atoms with Crippen LogP contribution in [0.3, 0.4) is 0 Å². The van der Waals surface area contributed by atoms with E-state index in [0.717, 1.165) is 12.0 Å².